The van der Waals surface area contributed by atoms with Gasteiger partial charge in [0.15, 0.2) is 0 Å². The number of phenols is 1. The number of hydrogen-bond donors (Lipinski definition) is 2. The number of phenolic OH excluding ortho intramolecular Hbond substituents is 1. The summed E-state index contributed by atoms with van der Waals surface area (Å²) < 4.78 is 0. The van der Waals surface area contributed by atoms with Crippen molar-refractivity contribution >= 4 is 0 Å². The summed E-state index contributed by atoms with van der Waals surface area (Å²) in [7, 11) is 0. The van der Waals surface area contributed by atoms with Crippen molar-refractivity contribution in [3.63, 3.8) is 0 Å². The molecule has 17 heavy (non-hydrogen) atoms. The summed E-state index contributed by atoms with van der Waals surface area (Å²) >= 11 is 0. The molecule has 1 aromatic carbocycles. The van der Waals surface area contributed by atoms with Crippen LogP contribution in [0.1, 0.15) is 63.6 Å². The molecule has 0 aliphatic carbocycles. The maximum atomic E-state index is 9.86. The average molecular weight is 235 g/mol. The third-order valence-electron chi connectivity index (χ3n) is 3.35. The van der Waals surface area contributed by atoms with Gasteiger partial charge in [-0.1, -0.05) is 39.8 Å². The quantitative estimate of drug-likeness (QED) is 0.811. The van der Waals surface area contributed by atoms with Gasteiger partial charge in [0.25, 0.3) is 0 Å². The molecule has 0 aromatic heterocycles. The van der Waals surface area contributed by atoms with Crippen LogP contribution in [0.5, 0.6) is 5.75 Å². The van der Waals surface area contributed by atoms with E-state index in [1.807, 2.05) is 6.07 Å². The highest BCUT2D eigenvalue weighted by atomic mass is 16.3. The smallest absolute Gasteiger partial charge is 0.119 e. The van der Waals surface area contributed by atoms with Gasteiger partial charge < -0.3 is 10.8 Å². The summed E-state index contributed by atoms with van der Waals surface area (Å²) in [4.78, 5) is 0. The Kier molecular flexibility index (Phi) is 5.01. The highest BCUT2D eigenvalue weighted by Crippen LogP contribution is 2.31. The molecular weight excluding hydrogens is 210 g/mol. The van der Waals surface area contributed by atoms with Gasteiger partial charge in [-0.2, -0.15) is 0 Å². The third kappa shape index (κ3) is 3.74. The zero-order chi connectivity index (χ0) is 13.0. The molecule has 0 aliphatic heterocycles. The van der Waals surface area contributed by atoms with E-state index in [0.29, 0.717) is 17.6 Å². The van der Waals surface area contributed by atoms with Crippen LogP contribution >= 0.6 is 0 Å². The van der Waals surface area contributed by atoms with Crippen LogP contribution in [-0.4, -0.2) is 5.11 Å². The summed E-state index contributed by atoms with van der Waals surface area (Å²) in [6.07, 6.45) is 2.00. The van der Waals surface area contributed by atoms with E-state index in [0.717, 1.165) is 24.0 Å². The van der Waals surface area contributed by atoms with Gasteiger partial charge in [0, 0.05) is 6.04 Å². The first-order valence-corrected chi connectivity index (χ1v) is 6.54. The summed E-state index contributed by atoms with van der Waals surface area (Å²) in [6.45, 7) is 8.61. The van der Waals surface area contributed by atoms with Crippen molar-refractivity contribution < 1.29 is 5.11 Å². The van der Waals surface area contributed by atoms with Gasteiger partial charge in [0.1, 0.15) is 5.75 Å². The molecule has 0 fully saturated rings. The molecule has 1 rings (SSSR count). The maximum Gasteiger partial charge on any atom is 0.119 e. The Bertz CT molecular complexity index is 360. The third-order valence-corrected chi connectivity index (χ3v) is 3.35. The Morgan fingerprint density at radius 2 is 1.88 bits per heavy atom. The molecule has 0 heterocycles. The van der Waals surface area contributed by atoms with E-state index < -0.39 is 0 Å². The number of hydrogen-bond acceptors (Lipinski definition) is 2. The van der Waals surface area contributed by atoms with Crippen molar-refractivity contribution in [1.82, 2.24) is 0 Å². The van der Waals surface area contributed by atoms with E-state index in [9.17, 15) is 5.11 Å². The fourth-order valence-electron chi connectivity index (χ4n) is 2.06. The zero-order valence-electron chi connectivity index (χ0n) is 11.4. The molecule has 3 N–H and O–H groups in total. The van der Waals surface area contributed by atoms with Crippen molar-refractivity contribution in [1.29, 1.82) is 0 Å². The molecule has 1 aromatic rings. The van der Waals surface area contributed by atoms with Gasteiger partial charge in [0.05, 0.1) is 0 Å². The number of aromatic hydroxyl groups is 1. The van der Waals surface area contributed by atoms with Gasteiger partial charge in [-0.3, -0.25) is 0 Å². The fourth-order valence-corrected chi connectivity index (χ4v) is 2.06. The molecule has 2 atom stereocenters. The minimum Gasteiger partial charge on any atom is -0.508 e. The predicted molar refractivity (Wildman–Crippen MR) is 73.2 cm³/mol. The maximum absolute atomic E-state index is 9.86. The normalized spacial score (nSPS) is 14.9. The largest absolute Gasteiger partial charge is 0.508 e. The van der Waals surface area contributed by atoms with Crippen molar-refractivity contribution in [2.24, 2.45) is 11.7 Å². The Labute approximate surface area is 105 Å². The van der Waals surface area contributed by atoms with E-state index in [1.54, 1.807) is 6.07 Å². The van der Waals surface area contributed by atoms with Crippen LogP contribution in [-0.2, 0) is 0 Å². The lowest BCUT2D eigenvalue weighted by Crippen LogP contribution is -2.13. The van der Waals surface area contributed by atoms with Gasteiger partial charge in [-0.25, -0.2) is 0 Å². The minimum absolute atomic E-state index is 0.0680. The molecule has 0 saturated heterocycles. The molecule has 0 aliphatic rings. The molecule has 0 bridgehead atoms. The van der Waals surface area contributed by atoms with Crippen LogP contribution in [0.15, 0.2) is 18.2 Å². The first-order chi connectivity index (χ1) is 7.95. The van der Waals surface area contributed by atoms with E-state index in [4.69, 9.17) is 5.73 Å². The van der Waals surface area contributed by atoms with Crippen LogP contribution < -0.4 is 5.73 Å². The lowest BCUT2D eigenvalue weighted by Gasteiger charge is -2.18. The Hall–Kier alpha value is -1.02. The van der Waals surface area contributed by atoms with Gasteiger partial charge >= 0.3 is 0 Å². The summed E-state index contributed by atoms with van der Waals surface area (Å²) in [6, 6.07) is 5.85. The molecule has 2 heteroatoms. The second-order valence-corrected chi connectivity index (χ2v) is 5.36. The van der Waals surface area contributed by atoms with Crippen molar-refractivity contribution in [2.45, 2.75) is 52.5 Å². The first-order valence-electron chi connectivity index (χ1n) is 6.54. The van der Waals surface area contributed by atoms with Gasteiger partial charge in [-0.15, -0.1) is 0 Å². The van der Waals surface area contributed by atoms with Crippen molar-refractivity contribution in [3.05, 3.63) is 29.3 Å². The van der Waals surface area contributed by atoms with E-state index in [-0.39, 0.29) is 6.04 Å². The fraction of sp³-hybridized carbons (Fsp3) is 0.600. The van der Waals surface area contributed by atoms with Gasteiger partial charge in [-0.05, 0) is 41.9 Å². The standard InChI is InChI=1S/C15H25NO/c1-5-11(4)13-9-12(6-7-15(13)17)14(16)8-10(2)3/h6-7,9-11,14,17H,5,8,16H2,1-4H3. The second-order valence-electron chi connectivity index (χ2n) is 5.36. The van der Waals surface area contributed by atoms with E-state index in [2.05, 4.69) is 33.8 Å². The Morgan fingerprint density at radius 3 is 2.41 bits per heavy atom. The van der Waals surface area contributed by atoms with Crippen molar-refractivity contribution in [2.75, 3.05) is 0 Å². The number of benzene rings is 1. The monoisotopic (exact) mass is 235 g/mol. The minimum atomic E-state index is 0.0680. The first kappa shape index (κ1) is 14.0. The highest BCUT2D eigenvalue weighted by Gasteiger charge is 2.13. The number of nitrogens with two attached hydrogens (primary N) is 1. The molecular formula is C15H25NO. The van der Waals surface area contributed by atoms with Crippen LogP contribution in [0.4, 0.5) is 0 Å². The Balaban J connectivity index is 2.95. The average Bonchev–Trinajstić information content (AvgIpc) is 2.27. The van der Waals surface area contributed by atoms with Crippen LogP contribution in [0, 0.1) is 5.92 Å². The van der Waals surface area contributed by atoms with E-state index >= 15 is 0 Å². The second kappa shape index (κ2) is 6.06. The van der Waals surface area contributed by atoms with Crippen LogP contribution in [0.3, 0.4) is 0 Å². The molecule has 2 unspecified atom stereocenters. The number of rotatable bonds is 5. The topological polar surface area (TPSA) is 46.2 Å². The van der Waals surface area contributed by atoms with Crippen molar-refractivity contribution in [3.8, 4) is 5.75 Å². The molecule has 0 amide bonds. The zero-order valence-corrected chi connectivity index (χ0v) is 11.4. The van der Waals surface area contributed by atoms with Gasteiger partial charge in [0.2, 0.25) is 0 Å². The van der Waals surface area contributed by atoms with Crippen LogP contribution in [0.25, 0.3) is 0 Å². The SMILES string of the molecule is CCC(C)c1cc(C(N)CC(C)C)ccc1O. The molecule has 2 nitrogen and oxygen atoms in total. The molecule has 0 saturated carbocycles. The Morgan fingerprint density at radius 1 is 1.24 bits per heavy atom. The summed E-state index contributed by atoms with van der Waals surface area (Å²) in [5.41, 5.74) is 8.32. The van der Waals surface area contributed by atoms with Crippen LogP contribution in [0.2, 0.25) is 0 Å². The molecule has 96 valence electrons. The molecule has 0 radical (unpaired) electrons. The highest BCUT2D eigenvalue weighted by molar-refractivity contribution is 5.39. The molecule has 0 spiro atoms. The lowest BCUT2D eigenvalue weighted by atomic mass is 9.91. The predicted octanol–water partition coefficient (Wildman–Crippen LogP) is 3.95. The summed E-state index contributed by atoms with van der Waals surface area (Å²) in [5.74, 6) is 1.35. The lowest BCUT2D eigenvalue weighted by molar-refractivity contribution is 0.460. The van der Waals surface area contributed by atoms with E-state index in [1.165, 1.54) is 0 Å². The summed E-state index contributed by atoms with van der Waals surface area (Å²) in [5, 5.41) is 9.86.